The molecule has 2 amide bonds. The maximum atomic E-state index is 11.7. The molecule has 1 fully saturated rings. The third-order valence-electron chi connectivity index (χ3n) is 3.05. The van der Waals surface area contributed by atoms with Gasteiger partial charge in [0.2, 0.25) is 0 Å². The molecule has 0 aromatic heterocycles. The number of carboxylic acid groups (broad SMARTS) is 1. The number of carbonyl (C=O) groups excluding carboxylic acids is 1. The van der Waals surface area contributed by atoms with Crippen molar-refractivity contribution in [3.8, 4) is 5.75 Å². The van der Waals surface area contributed by atoms with Crippen LogP contribution in [0.5, 0.6) is 5.75 Å². The minimum absolute atomic E-state index is 0.230. The number of hydrogen-bond donors (Lipinski definition) is 3. The SMILES string of the molecule is O=C(O)COc1ccc(NC(=O)NCC2CCSC2)cc1. The molecule has 1 aromatic rings. The average Bonchev–Trinajstić information content (AvgIpc) is 2.98. The molecule has 0 saturated carbocycles. The highest BCUT2D eigenvalue weighted by Crippen LogP contribution is 2.22. The number of carboxylic acids is 1. The van der Waals surface area contributed by atoms with Crippen LogP contribution in [-0.2, 0) is 4.79 Å². The van der Waals surface area contributed by atoms with E-state index in [0.717, 1.165) is 12.2 Å². The number of amides is 2. The lowest BCUT2D eigenvalue weighted by Gasteiger charge is -2.11. The first-order valence-corrected chi connectivity index (χ1v) is 7.86. The fourth-order valence-electron chi connectivity index (χ4n) is 1.94. The molecule has 0 radical (unpaired) electrons. The van der Waals surface area contributed by atoms with Crippen molar-refractivity contribution in [1.29, 1.82) is 0 Å². The maximum Gasteiger partial charge on any atom is 0.341 e. The number of aliphatic carboxylic acids is 1. The Morgan fingerprint density at radius 1 is 1.33 bits per heavy atom. The highest BCUT2D eigenvalue weighted by atomic mass is 32.2. The van der Waals surface area contributed by atoms with Crippen molar-refractivity contribution in [3.63, 3.8) is 0 Å². The van der Waals surface area contributed by atoms with Crippen molar-refractivity contribution in [2.45, 2.75) is 6.42 Å². The molecule has 0 bridgehead atoms. The van der Waals surface area contributed by atoms with Crippen LogP contribution in [0.15, 0.2) is 24.3 Å². The van der Waals surface area contributed by atoms with Gasteiger partial charge >= 0.3 is 12.0 Å². The van der Waals surface area contributed by atoms with Crippen LogP contribution in [0.25, 0.3) is 0 Å². The Bertz CT molecular complexity index is 486. The lowest BCUT2D eigenvalue weighted by Crippen LogP contribution is -2.33. The monoisotopic (exact) mass is 310 g/mol. The van der Waals surface area contributed by atoms with Crippen LogP contribution in [0.3, 0.4) is 0 Å². The number of nitrogens with one attached hydrogen (secondary N) is 2. The summed E-state index contributed by atoms with van der Waals surface area (Å²) >= 11 is 1.92. The minimum atomic E-state index is -1.03. The molecule has 3 N–H and O–H groups in total. The van der Waals surface area contributed by atoms with Gasteiger partial charge in [-0.1, -0.05) is 0 Å². The Balaban J connectivity index is 1.73. The summed E-state index contributed by atoms with van der Waals surface area (Å²) in [5, 5.41) is 14.1. The number of ether oxygens (including phenoxy) is 1. The average molecular weight is 310 g/mol. The summed E-state index contributed by atoms with van der Waals surface area (Å²) < 4.78 is 5.01. The summed E-state index contributed by atoms with van der Waals surface area (Å²) in [5.41, 5.74) is 0.635. The number of urea groups is 1. The minimum Gasteiger partial charge on any atom is -0.482 e. The Morgan fingerprint density at radius 2 is 2.10 bits per heavy atom. The first-order chi connectivity index (χ1) is 10.1. The molecule has 7 heteroatoms. The van der Waals surface area contributed by atoms with Crippen molar-refractivity contribution in [2.24, 2.45) is 5.92 Å². The number of carbonyl (C=O) groups is 2. The summed E-state index contributed by atoms with van der Waals surface area (Å²) in [5.74, 6) is 2.27. The lowest BCUT2D eigenvalue weighted by atomic mass is 10.1. The van der Waals surface area contributed by atoms with Gasteiger partial charge in [-0.15, -0.1) is 0 Å². The maximum absolute atomic E-state index is 11.7. The van der Waals surface area contributed by atoms with E-state index in [1.165, 1.54) is 5.75 Å². The van der Waals surface area contributed by atoms with Gasteiger partial charge in [0.15, 0.2) is 6.61 Å². The second kappa shape index (κ2) is 7.78. The molecule has 1 unspecified atom stereocenters. The molecule has 0 spiro atoms. The van der Waals surface area contributed by atoms with Gasteiger partial charge in [-0.3, -0.25) is 0 Å². The summed E-state index contributed by atoms with van der Waals surface area (Å²) in [6, 6.07) is 6.34. The predicted molar refractivity (Wildman–Crippen MR) is 82.0 cm³/mol. The summed E-state index contributed by atoms with van der Waals surface area (Å²) in [6.45, 7) is 0.311. The number of thioether (sulfide) groups is 1. The van der Waals surface area contributed by atoms with E-state index >= 15 is 0 Å². The van der Waals surface area contributed by atoms with Crippen molar-refractivity contribution in [1.82, 2.24) is 5.32 Å². The molecule has 1 atom stereocenters. The molecule has 2 rings (SSSR count). The van der Waals surface area contributed by atoms with Gasteiger partial charge in [-0.25, -0.2) is 9.59 Å². The molecular weight excluding hydrogens is 292 g/mol. The molecule has 1 aliphatic heterocycles. The van der Waals surface area contributed by atoms with E-state index in [1.54, 1.807) is 24.3 Å². The van der Waals surface area contributed by atoms with Crippen molar-refractivity contribution < 1.29 is 19.4 Å². The second-order valence-electron chi connectivity index (χ2n) is 4.77. The molecule has 6 nitrogen and oxygen atoms in total. The van der Waals surface area contributed by atoms with Crippen LogP contribution in [0.4, 0.5) is 10.5 Å². The first kappa shape index (κ1) is 15.5. The number of hydrogen-bond acceptors (Lipinski definition) is 4. The zero-order valence-corrected chi connectivity index (χ0v) is 12.3. The number of benzene rings is 1. The summed E-state index contributed by atoms with van der Waals surface area (Å²) in [7, 11) is 0. The Kier molecular flexibility index (Phi) is 5.74. The molecule has 1 saturated heterocycles. The van der Waals surface area contributed by atoms with E-state index in [1.807, 2.05) is 11.8 Å². The third-order valence-corrected chi connectivity index (χ3v) is 4.28. The van der Waals surface area contributed by atoms with Crippen LogP contribution >= 0.6 is 11.8 Å². The van der Waals surface area contributed by atoms with Gasteiger partial charge in [0.05, 0.1) is 0 Å². The van der Waals surface area contributed by atoms with Crippen molar-refractivity contribution in [2.75, 3.05) is 30.0 Å². The quantitative estimate of drug-likeness (QED) is 0.748. The Labute approximate surface area is 127 Å². The normalized spacial score (nSPS) is 17.2. The predicted octanol–water partition coefficient (Wildman–Crippen LogP) is 2.02. The Hall–Kier alpha value is -1.89. The molecule has 21 heavy (non-hydrogen) atoms. The van der Waals surface area contributed by atoms with Gasteiger partial charge in [0.25, 0.3) is 0 Å². The van der Waals surface area contributed by atoms with E-state index in [4.69, 9.17) is 9.84 Å². The van der Waals surface area contributed by atoms with E-state index in [2.05, 4.69) is 10.6 Å². The fourth-order valence-corrected chi connectivity index (χ4v) is 3.22. The van der Waals surface area contributed by atoms with Crippen LogP contribution in [0.2, 0.25) is 0 Å². The van der Waals surface area contributed by atoms with Gasteiger partial charge < -0.3 is 20.5 Å². The topological polar surface area (TPSA) is 87.7 Å². The highest BCUT2D eigenvalue weighted by molar-refractivity contribution is 7.99. The number of anilines is 1. The third kappa shape index (κ3) is 5.55. The van der Waals surface area contributed by atoms with Crippen molar-refractivity contribution in [3.05, 3.63) is 24.3 Å². The first-order valence-electron chi connectivity index (χ1n) is 6.71. The van der Waals surface area contributed by atoms with E-state index in [9.17, 15) is 9.59 Å². The van der Waals surface area contributed by atoms with Crippen LogP contribution in [0.1, 0.15) is 6.42 Å². The standard InChI is InChI=1S/C14H18N2O4S/c17-13(18)8-20-12-3-1-11(2-4-12)16-14(19)15-7-10-5-6-21-9-10/h1-4,10H,5-9H2,(H,17,18)(H2,15,16,19). The van der Waals surface area contributed by atoms with E-state index in [0.29, 0.717) is 23.9 Å². The van der Waals surface area contributed by atoms with Gasteiger partial charge in [-0.2, -0.15) is 11.8 Å². The smallest absolute Gasteiger partial charge is 0.341 e. The molecular formula is C14H18N2O4S. The highest BCUT2D eigenvalue weighted by Gasteiger charge is 2.16. The summed E-state index contributed by atoms with van der Waals surface area (Å²) in [6.07, 6.45) is 1.15. The van der Waals surface area contributed by atoms with E-state index < -0.39 is 5.97 Å². The largest absolute Gasteiger partial charge is 0.482 e. The lowest BCUT2D eigenvalue weighted by molar-refractivity contribution is -0.139. The summed E-state index contributed by atoms with van der Waals surface area (Å²) in [4.78, 5) is 22.1. The zero-order valence-electron chi connectivity index (χ0n) is 11.5. The number of rotatable bonds is 6. The van der Waals surface area contributed by atoms with E-state index in [-0.39, 0.29) is 12.6 Å². The van der Waals surface area contributed by atoms with Gasteiger partial charge in [0.1, 0.15) is 5.75 Å². The molecule has 0 aliphatic carbocycles. The van der Waals surface area contributed by atoms with Crippen LogP contribution < -0.4 is 15.4 Å². The molecule has 114 valence electrons. The van der Waals surface area contributed by atoms with Gasteiger partial charge in [-0.05, 0) is 48.1 Å². The molecule has 1 aliphatic rings. The van der Waals surface area contributed by atoms with Crippen LogP contribution in [0, 0.1) is 5.92 Å². The Morgan fingerprint density at radius 3 is 2.71 bits per heavy atom. The van der Waals surface area contributed by atoms with Crippen LogP contribution in [-0.4, -0.2) is 41.8 Å². The molecule has 1 heterocycles. The fraction of sp³-hybridized carbons (Fsp3) is 0.429. The van der Waals surface area contributed by atoms with Crippen molar-refractivity contribution >= 4 is 29.4 Å². The second-order valence-corrected chi connectivity index (χ2v) is 5.92. The zero-order chi connectivity index (χ0) is 15.1. The molecule has 1 aromatic carbocycles. The van der Waals surface area contributed by atoms with Gasteiger partial charge in [0, 0.05) is 12.2 Å².